The quantitative estimate of drug-likeness (QED) is 0.576. The van der Waals surface area contributed by atoms with Crippen LogP contribution in [0.2, 0.25) is 26.2 Å². The van der Waals surface area contributed by atoms with E-state index in [0.29, 0.717) is 0 Å². The summed E-state index contributed by atoms with van der Waals surface area (Å²) in [4.78, 5) is 0. The molecular weight excluding hydrogens is 304 g/mol. The van der Waals surface area contributed by atoms with Crippen molar-refractivity contribution < 1.29 is 12.3 Å². The highest BCUT2D eigenvalue weighted by atomic mass is 28.5. The van der Waals surface area contributed by atoms with Crippen molar-refractivity contribution in [3.05, 3.63) is 49.1 Å². The van der Waals surface area contributed by atoms with E-state index in [1.165, 1.54) is 0 Å². The van der Waals surface area contributed by atoms with Gasteiger partial charge < -0.3 is 12.3 Å². The molecule has 0 aromatic carbocycles. The van der Waals surface area contributed by atoms with Gasteiger partial charge in [-0.05, 0) is 37.6 Å². The summed E-state index contributed by atoms with van der Waals surface area (Å²) in [6.07, 6.45) is 0. The lowest BCUT2D eigenvalue weighted by molar-refractivity contribution is 0.354. The Morgan fingerprint density at radius 1 is 0.842 bits per heavy atom. The van der Waals surface area contributed by atoms with Crippen molar-refractivity contribution in [1.29, 1.82) is 0 Å². The van der Waals surface area contributed by atoms with Crippen LogP contribution in [0.5, 0.6) is 0 Å². The van der Waals surface area contributed by atoms with Gasteiger partial charge in [0.2, 0.25) is 9.76 Å². The number of hydrogen-bond acceptors (Lipinski definition) is 3. The van der Waals surface area contributed by atoms with Crippen LogP contribution >= 0.6 is 0 Å². The third-order valence-electron chi connectivity index (χ3n) is 2.11. The molecule has 0 aliphatic carbocycles. The summed E-state index contributed by atoms with van der Waals surface area (Å²) in [7, 11) is -6.73. The van der Waals surface area contributed by atoms with Crippen molar-refractivity contribution in [2.24, 2.45) is 0 Å². The summed E-state index contributed by atoms with van der Waals surface area (Å²) in [5.41, 5.74) is 6.95. The van der Waals surface area contributed by atoms with E-state index in [4.69, 9.17) is 12.3 Å². The third-order valence-corrected chi connectivity index (χ3v) is 12.9. The first-order valence-electron chi connectivity index (χ1n) is 6.01. The molecule has 0 aliphatic heterocycles. The first-order valence-corrected chi connectivity index (χ1v) is 14.8. The van der Waals surface area contributed by atoms with Gasteiger partial charge >= 0.3 is 17.1 Å². The van der Waals surface area contributed by atoms with E-state index in [0.717, 1.165) is 0 Å². The molecule has 0 rings (SSSR count). The van der Waals surface area contributed by atoms with Crippen LogP contribution in [-0.4, -0.2) is 35.2 Å². The van der Waals surface area contributed by atoms with E-state index in [2.05, 4.69) is 46.0 Å². The van der Waals surface area contributed by atoms with E-state index < -0.39 is 25.4 Å². The molecule has 19 heavy (non-hydrogen) atoms. The molecule has 0 aromatic rings. The number of rotatable bonds is 10. The van der Waals surface area contributed by atoms with Gasteiger partial charge in [-0.1, -0.05) is 11.4 Å². The van der Waals surface area contributed by atoms with Crippen LogP contribution < -0.4 is 0 Å². The van der Waals surface area contributed by atoms with Crippen molar-refractivity contribution in [3.63, 3.8) is 0 Å². The zero-order valence-corrected chi connectivity index (χ0v) is 16.4. The third kappa shape index (κ3) is 6.61. The zero-order chi connectivity index (χ0) is 15.2. The Hall–Kier alpha value is -0.292. The summed E-state index contributed by atoms with van der Waals surface area (Å²) < 4.78 is 18.2. The summed E-state index contributed by atoms with van der Waals surface area (Å²) in [6, 6.07) is 0. The molecule has 0 N–H and O–H groups in total. The van der Waals surface area contributed by atoms with Crippen LogP contribution in [0.1, 0.15) is 0 Å². The van der Waals surface area contributed by atoms with Crippen LogP contribution in [0.3, 0.4) is 0 Å². The molecule has 0 saturated heterocycles. The van der Waals surface area contributed by atoms with Gasteiger partial charge in [-0.25, -0.2) is 0 Å². The highest BCUT2D eigenvalue weighted by Crippen LogP contribution is 2.23. The molecule has 0 bridgehead atoms. The fourth-order valence-corrected chi connectivity index (χ4v) is 13.2. The van der Waals surface area contributed by atoms with E-state index in [1.807, 2.05) is 6.55 Å². The van der Waals surface area contributed by atoms with Gasteiger partial charge in [0.25, 0.3) is 0 Å². The maximum absolute atomic E-state index is 6.22. The molecular formula is C12H24O3Si4. The topological polar surface area (TPSA) is 27.7 Å². The molecule has 7 heteroatoms. The Balaban J connectivity index is 5.16. The molecule has 0 heterocycles. The van der Waals surface area contributed by atoms with E-state index in [9.17, 15) is 0 Å². The first-order chi connectivity index (χ1) is 8.66. The molecule has 0 amide bonds. The van der Waals surface area contributed by atoms with Crippen molar-refractivity contribution in [2.75, 3.05) is 0 Å². The molecule has 1 unspecified atom stereocenters. The molecule has 0 aromatic heterocycles. The fourth-order valence-electron chi connectivity index (χ4n) is 1.43. The van der Waals surface area contributed by atoms with Gasteiger partial charge in [-0.2, -0.15) is 0 Å². The number of hydrogen-bond donors (Lipinski definition) is 0. The largest absolute Gasteiger partial charge is 0.434 e. The van der Waals surface area contributed by atoms with Gasteiger partial charge in [-0.3, -0.25) is 0 Å². The highest BCUT2D eigenvalue weighted by Gasteiger charge is 2.43. The molecule has 3 nitrogen and oxygen atoms in total. The zero-order valence-electron chi connectivity index (χ0n) is 12.4. The average molecular weight is 329 g/mol. The Morgan fingerprint density at radius 3 is 1.68 bits per heavy atom. The molecule has 0 saturated carbocycles. The van der Waals surface area contributed by atoms with Crippen molar-refractivity contribution in [2.45, 2.75) is 26.2 Å². The predicted octanol–water partition coefficient (Wildman–Crippen LogP) is 3.32. The molecule has 106 valence electrons. The Bertz CT molecular complexity index is 343. The monoisotopic (exact) mass is 328 g/mol. The maximum Gasteiger partial charge on any atom is 0.372 e. The SMILES string of the molecule is C=C[Si]O[Si](C=C)(C=C)O[Si](C)(C=C)O[Si](C)(C)C. The summed E-state index contributed by atoms with van der Waals surface area (Å²) in [6.45, 7) is 23.5. The predicted molar refractivity (Wildman–Crippen MR) is 90.5 cm³/mol. The normalized spacial score (nSPS) is 15.4. The molecule has 0 aliphatic rings. The minimum atomic E-state index is -2.66. The van der Waals surface area contributed by atoms with Crippen LogP contribution in [-0.2, 0) is 12.3 Å². The molecule has 0 spiro atoms. The van der Waals surface area contributed by atoms with Crippen LogP contribution in [0, 0.1) is 0 Å². The minimum absolute atomic E-state index is 0.157. The lowest BCUT2D eigenvalue weighted by Gasteiger charge is -2.37. The molecule has 2 radical (unpaired) electrons. The Morgan fingerprint density at radius 2 is 1.37 bits per heavy atom. The fraction of sp³-hybridized carbons (Fsp3) is 0.333. The van der Waals surface area contributed by atoms with Crippen molar-refractivity contribution in [3.8, 4) is 0 Å². The Kier molecular flexibility index (Phi) is 7.36. The summed E-state index contributed by atoms with van der Waals surface area (Å²) in [5.74, 6) is 0. The molecule has 1 atom stereocenters. The summed E-state index contributed by atoms with van der Waals surface area (Å²) in [5, 5.41) is 0. The second kappa shape index (κ2) is 7.48. The smallest absolute Gasteiger partial charge is 0.372 e. The van der Waals surface area contributed by atoms with Gasteiger partial charge in [0.15, 0.2) is 8.32 Å². The minimum Gasteiger partial charge on any atom is -0.434 e. The van der Waals surface area contributed by atoms with Crippen molar-refractivity contribution in [1.82, 2.24) is 0 Å². The van der Waals surface area contributed by atoms with Crippen LogP contribution in [0.4, 0.5) is 0 Å². The van der Waals surface area contributed by atoms with Gasteiger partial charge in [-0.15, -0.1) is 26.3 Å². The van der Waals surface area contributed by atoms with Crippen LogP contribution in [0.15, 0.2) is 49.1 Å². The van der Waals surface area contributed by atoms with Gasteiger partial charge in [0, 0.05) is 0 Å². The highest BCUT2D eigenvalue weighted by molar-refractivity contribution is 6.93. The van der Waals surface area contributed by atoms with E-state index in [1.54, 1.807) is 22.8 Å². The first kappa shape index (κ1) is 18.7. The Labute approximate surface area is 123 Å². The lowest BCUT2D eigenvalue weighted by Crippen LogP contribution is -2.55. The second-order valence-electron chi connectivity index (χ2n) is 5.09. The van der Waals surface area contributed by atoms with Crippen LogP contribution in [0.25, 0.3) is 0 Å². The van der Waals surface area contributed by atoms with Crippen molar-refractivity contribution >= 4 is 35.2 Å². The van der Waals surface area contributed by atoms with E-state index >= 15 is 0 Å². The second-order valence-corrected chi connectivity index (χ2v) is 17.1. The lowest BCUT2D eigenvalue weighted by atomic mass is 11.2. The standard InChI is InChI=1S/C12H24O3Si4/c1-9-16-13-19(11-3,12-4)15-18(8,10-2)14-17(5,6)7/h9-12H,1-4H2,5-8H3. The molecule has 0 fully saturated rings. The van der Waals surface area contributed by atoms with E-state index in [-0.39, 0.29) is 9.76 Å². The maximum atomic E-state index is 6.22. The van der Waals surface area contributed by atoms with Gasteiger partial charge in [0.05, 0.1) is 0 Å². The van der Waals surface area contributed by atoms with Gasteiger partial charge in [0.1, 0.15) is 0 Å². The summed E-state index contributed by atoms with van der Waals surface area (Å²) >= 11 is 0. The average Bonchev–Trinajstić information content (AvgIpc) is 2.32.